The Morgan fingerprint density at radius 1 is 1.31 bits per heavy atom. The van der Waals surface area contributed by atoms with E-state index in [9.17, 15) is 9.59 Å². The summed E-state index contributed by atoms with van der Waals surface area (Å²) in [5, 5.41) is 6.68. The van der Waals surface area contributed by atoms with Gasteiger partial charge in [-0.3, -0.25) is 9.59 Å². The van der Waals surface area contributed by atoms with Crippen molar-refractivity contribution in [1.82, 2.24) is 20.4 Å². The molecule has 1 atom stereocenters. The third-order valence-electron chi connectivity index (χ3n) is 4.91. The summed E-state index contributed by atoms with van der Waals surface area (Å²) in [6.07, 6.45) is 6.15. The molecule has 1 aliphatic heterocycles. The molecule has 0 radical (unpaired) electrons. The second-order valence-electron chi connectivity index (χ2n) is 6.78. The van der Waals surface area contributed by atoms with Gasteiger partial charge in [-0.25, -0.2) is 0 Å². The van der Waals surface area contributed by atoms with E-state index in [-0.39, 0.29) is 23.1 Å². The molecule has 1 aliphatic carbocycles. The zero-order valence-electron chi connectivity index (χ0n) is 14.5. The first kappa shape index (κ1) is 17.0. The summed E-state index contributed by atoms with van der Waals surface area (Å²) >= 11 is 0. The number of rotatable bonds is 5. The first-order chi connectivity index (χ1) is 12.7. The maximum absolute atomic E-state index is 12.3. The summed E-state index contributed by atoms with van der Waals surface area (Å²) < 4.78 is 10.7. The van der Waals surface area contributed by atoms with Crippen molar-refractivity contribution in [2.75, 3.05) is 13.2 Å². The largest absolute Gasteiger partial charge is 0.368 e. The number of aromatic amines is 1. The Bertz CT molecular complexity index is 851. The highest BCUT2D eigenvalue weighted by molar-refractivity contribution is 5.94. The molecule has 2 aromatic heterocycles. The number of nitrogens with one attached hydrogen (secondary N) is 2. The first-order valence-corrected chi connectivity index (χ1v) is 9.18. The minimum absolute atomic E-state index is 0.111. The molecular weight excluding hydrogens is 336 g/mol. The second kappa shape index (κ2) is 7.41. The monoisotopic (exact) mass is 358 g/mol. The Morgan fingerprint density at radius 2 is 2.19 bits per heavy atom. The molecule has 138 valence electrons. The summed E-state index contributed by atoms with van der Waals surface area (Å²) in [6, 6.07) is 1.73. The summed E-state index contributed by atoms with van der Waals surface area (Å²) in [5.41, 5.74) is 1.87. The minimum atomic E-state index is -0.373. The number of hydrogen-bond donors (Lipinski definition) is 2. The lowest BCUT2D eigenvalue weighted by atomic mass is 9.95. The fraction of sp³-hybridized carbons (Fsp3) is 0.556. The molecule has 0 aromatic carbocycles. The van der Waals surface area contributed by atoms with Crippen LogP contribution in [0.2, 0.25) is 0 Å². The van der Waals surface area contributed by atoms with Crippen molar-refractivity contribution in [3.05, 3.63) is 45.0 Å². The van der Waals surface area contributed by atoms with E-state index >= 15 is 0 Å². The van der Waals surface area contributed by atoms with Crippen molar-refractivity contribution < 1.29 is 14.1 Å². The molecule has 26 heavy (non-hydrogen) atoms. The SMILES string of the molecule is O=C(NCCc1noc([C@@H]2CCCO2)n1)c1cc2c([nH]c1=O)CCCC2. The van der Waals surface area contributed by atoms with Crippen LogP contribution in [0.3, 0.4) is 0 Å². The number of ether oxygens (including phenoxy) is 1. The molecule has 1 saturated heterocycles. The lowest BCUT2D eigenvalue weighted by Crippen LogP contribution is -2.32. The van der Waals surface area contributed by atoms with Gasteiger partial charge < -0.3 is 19.6 Å². The summed E-state index contributed by atoms with van der Waals surface area (Å²) in [6.45, 7) is 1.05. The van der Waals surface area contributed by atoms with Gasteiger partial charge in [0.15, 0.2) is 5.82 Å². The van der Waals surface area contributed by atoms with Crippen LogP contribution in [0.5, 0.6) is 0 Å². The Kier molecular flexibility index (Phi) is 4.83. The van der Waals surface area contributed by atoms with E-state index in [4.69, 9.17) is 9.26 Å². The third-order valence-corrected chi connectivity index (χ3v) is 4.91. The molecule has 0 unspecified atom stereocenters. The van der Waals surface area contributed by atoms with Gasteiger partial charge in [0, 0.05) is 25.3 Å². The van der Waals surface area contributed by atoms with E-state index in [1.54, 1.807) is 6.07 Å². The van der Waals surface area contributed by atoms with Gasteiger partial charge in [-0.15, -0.1) is 0 Å². The Hall–Kier alpha value is -2.48. The van der Waals surface area contributed by atoms with Crippen molar-refractivity contribution >= 4 is 5.91 Å². The van der Waals surface area contributed by atoms with Crippen LogP contribution >= 0.6 is 0 Å². The van der Waals surface area contributed by atoms with Crippen LogP contribution in [0.4, 0.5) is 0 Å². The van der Waals surface area contributed by atoms with Crippen LogP contribution in [0, 0.1) is 0 Å². The van der Waals surface area contributed by atoms with Crippen molar-refractivity contribution in [1.29, 1.82) is 0 Å². The number of pyridine rings is 1. The molecule has 0 spiro atoms. The van der Waals surface area contributed by atoms with E-state index in [2.05, 4.69) is 20.4 Å². The summed E-state index contributed by atoms with van der Waals surface area (Å²) in [7, 11) is 0. The van der Waals surface area contributed by atoms with Crippen molar-refractivity contribution in [3.63, 3.8) is 0 Å². The van der Waals surface area contributed by atoms with Crippen LogP contribution in [-0.2, 0) is 24.0 Å². The minimum Gasteiger partial charge on any atom is -0.368 e. The number of hydrogen-bond acceptors (Lipinski definition) is 6. The van der Waals surface area contributed by atoms with Crippen molar-refractivity contribution in [2.45, 2.75) is 51.0 Å². The average molecular weight is 358 g/mol. The summed E-state index contributed by atoms with van der Waals surface area (Å²) in [4.78, 5) is 31.7. The molecule has 2 aliphatic rings. The van der Waals surface area contributed by atoms with Gasteiger partial charge in [-0.05, 0) is 50.2 Å². The molecule has 1 fully saturated rings. The van der Waals surface area contributed by atoms with Gasteiger partial charge in [0.2, 0.25) is 0 Å². The number of H-pyrrole nitrogens is 1. The van der Waals surface area contributed by atoms with Crippen LogP contribution in [0.15, 0.2) is 15.4 Å². The van der Waals surface area contributed by atoms with Gasteiger partial charge >= 0.3 is 0 Å². The summed E-state index contributed by atoms with van der Waals surface area (Å²) in [5.74, 6) is 0.646. The van der Waals surface area contributed by atoms with Crippen molar-refractivity contribution in [2.24, 2.45) is 0 Å². The standard InChI is InChI=1S/C18H22N4O4/c23-16(12-10-11-4-1-2-5-13(11)20-17(12)24)19-8-7-15-21-18(26-22-15)14-6-3-9-25-14/h10,14H,1-9H2,(H,19,23)(H,20,24)/t14-/m0/s1. The highest BCUT2D eigenvalue weighted by Gasteiger charge is 2.24. The van der Waals surface area contributed by atoms with Gasteiger partial charge in [-0.2, -0.15) is 4.98 Å². The molecule has 0 bridgehead atoms. The highest BCUT2D eigenvalue weighted by Crippen LogP contribution is 2.26. The Balaban J connectivity index is 1.35. The normalized spacial score (nSPS) is 19.3. The van der Waals surface area contributed by atoms with E-state index in [1.165, 1.54) is 0 Å². The number of aromatic nitrogens is 3. The molecule has 0 saturated carbocycles. The van der Waals surface area contributed by atoms with Crippen LogP contribution < -0.4 is 10.9 Å². The van der Waals surface area contributed by atoms with E-state index in [1.807, 2.05) is 0 Å². The van der Waals surface area contributed by atoms with Gasteiger partial charge in [0.05, 0.1) is 0 Å². The van der Waals surface area contributed by atoms with Crippen LogP contribution in [0.1, 0.15) is 65.1 Å². The Labute approximate surface area is 150 Å². The quantitative estimate of drug-likeness (QED) is 0.837. The number of amides is 1. The predicted octanol–water partition coefficient (Wildman–Crippen LogP) is 1.46. The molecule has 2 N–H and O–H groups in total. The maximum Gasteiger partial charge on any atom is 0.261 e. The third kappa shape index (κ3) is 3.55. The highest BCUT2D eigenvalue weighted by atomic mass is 16.5. The van der Waals surface area contributed by atoms with E-state index < -0.39 is 0 Å². The van der Waals surface area contributed by atoms with Gasteiger partial charge in [-0.1, -0.05) is 5.16 Å². The second-order valence-corrected chi connectivity index (χ2v) is 6.78. The Morgan fingerprint density at radius 3 is 3.04 bits per heavy atom. The van der Waals surface area contributed by atoms with E-state index in [0.717, 1.165) is 49.8 Å². The number of aryl methyl sites for hydroxylation is 2. The zero-order valence-corrected chi connectivity index (χ0v) is 14.5. The van der Waals surface area contributed by atoms with Gasteiger partial charge in [0.25, 0.3) is 17.4 Å². The number of nitrogens with zero attached hydrogens (tertiary/aromatic N) is 2. The topological polar surface area (TPSA) is 110 Å². The molecule has 2 aromatic rings. The smallest absolute Gasteiger partial charge is 0.261 e. The number of carbonyl (C=O) groups is 1. The molecule has 8 nitrogen and oxygen atoms in total. The molecule has 4 rings (SSSR count). The number of fused-ring (bicyclic) bond motifs is 1. The van der Waals surface area contributed by atoms with E-state index in [0.29, 0.717) is 31.3 Å². The number of carbonyl (C=O) groups excluding carboxylic acids is 1. The molecule has 1 amide bonds. The molecule has 8 heteroatoms. The van der Waals surface area contributed by atoms with Crippen LogP contribution in [-0.4, -0.2) is 34.2 Å². The van der Waals surface area contributed by atoms with Gasteiger partial charge in [0.1, 0.15) is 11.7 Å². The zero-order chi connectivity index (χ0) is 17.9. The predicted molar refractivity (Wildman–Crippen MR) is 92.0 cm³/mol. The molecule has 3 heterocycles. The fourth-order valence-electron chi connectivity index (χ4n) is 3.50. The van der Waals surface area contributed by atoms with Crippen LogP contribution in [0.25, 0.3) is 0 Å². The fourth-order valence-corrected chi connectivity index (χ4v) is 3.50. The maximum atomic E-state index is 12.3. The first-order valence-electron chi connectivity index (χ1n) is 9.18. The average Bonchev–Trinajstić information content (AvgIpc) is 3.32. The lowest BCUT2D eigenvalue weighted by molar-refractivity contribution is 0.0835. The molecular formula is C18H22N4O4. The lowest BCUT2D eigenvalue weighted by Gasteiger charge is -2.15. The van der Waals surface area contributed by atoms with Crippen molar-refractivity contribution in [3.8, 4) is 0 Å².